The van der Waals surface area contributed by atoms with Gasteiger partial charge in [0.1, 0.15) is 5.75 Å². The summed E-state index contributed by atoms with van der Waals surface area (Å²) in [7, 11) is 1.94. The van der Waals surface area contributed by atoms with Crippen molar-refractivity contribution in [1.82, 2.24) is 4.57 Å². The normalized spacial score (nSPS) is 10.8. The van der Waals surface area contributed by atoms with Crippen LogP contribution in [0.5, 0.6) is 5.75 Å². The highest BCUT2D eigenvalue weighted by molar-refractivity contribution is 9.10. The summed E-state index contributed by atoms with van der Waals surface area (Å²) in [6.07, 6.45) is 1.86. The average Bonchev–Trinajstić information content (AvgIpc) is 2.84. The van der Waals surface area contributed by atoms with Gasteiger partial charge in [0.15, 0.2) is 6.61 Å². The van der Waals surface area contributed by atoms with E-state index in [-0.39, 0.29) is 12.4 Å². The summed E-state index contributed by atoms with van der Waals surface area (Å²) in [4.78, 5) is 12.4. The highest BCUT2D eigenvalue weighted by atomic mass is 79.9. The molecule has 3 nitrogen and oxygen atoms in total. The van der Waals surface area contributed by atoms with E-state index in [2.05, 4.69) is 15.9 Å². The monoisotopic (exact) mass is 343 g/mol. The van der Waals surface area contributed by atoms with Crippen molar-refractivity contribution in [1.29, 1.82) is 0 Å². The molecule has 21 heavy (non-hydrogen) atoms. The molecule has 0 aliphatic carbocycles. The van der Waals surface area contributed by atoms with Gasteiger partial charge in [0, 0.05) is 29.7 Å². The van der Waals surface area contributed by atoms with Gasteiger partial charge in [-0.2, -0.15) is 0 Å². The summed E-state index contributed by atoms with van der Waals surface area (Å²) in [5.74, 6) is 0.647. The Balaban J connectivity index is 1.83. The Kier molecular flexibility index (Phi) is 3.80. The Morgan fingerprint density at radius 3 is 2.67 bits per heavy atom. The quantitative estimate of drug-likeness (QED) is 0.664. The highest BCUT2D eigenvalue weighted by Gasteiger charge is 2.14. The van der Waals surface area contributed by atoms with Crippen molar-refractivity contribution in [3.8, 4) is 5.75 Å². The zero-order valence-corrected chi connectivity index (χ0v) is 13.1. The summed E-state index contributed by atoms with van der Waals surface area (Å²) >= 11 is 3.41. The van der Waals surface area contributed by atoms with E-state index in [1.165, 1.54) is 0 Å². The van der Waals surface area contributed by atoms with Gasteiger partial charge in [-0.05, 0) is 34.1 Å². The predicted molar refractivity (Wildman–Crippen MR) is 86.9 cm³/mol. The minimum Gasteiger partial charge on any atom is -0.484 e. The van der Waals surface area contributed by atoms with Crippen LogP contribution in [0.3, 0.4) is 0 Å². The third-order valence-corrected chi connectivity index (χ3v) is 4.05. The average molecular weight is 344 g/mol. The Labute approximate surface area is 131 Å². The number of ketones is 1. The summed E-state index contributed by atoms with van der Waals surface area (Å²) in [6, 6.07) is 15.4. The van der Waals surface area contributed by atoms with Gasteiger partial charge in [0.05, 0.1) is 4.47 Å². The third-order valence-electron chi connectivity index (χ3n) is 3.39. The Hall–Kier alpha value is -2.07. The fraction of sp³-hybridized carbons (Fsp3) is 0.118. The number of nitrogens with zero attached hydrogens (tertiary/aromatic N) is 1. The van der Waals surface area contributed by atoms with Crippen molar-refractivity contribution < 1.29 is 9.53 Å². The van der Waals surface area contributed by atoms with Gasteiger partial charge in [-0.1, -0.05) is 30.3 Å². The summed E-state index contributed by atoms with van der Waals surface area (Å²) in [6.45, 7) is 0.0244. The predicted octanol–water partition coefficient (Wildman–Crippen LogP) is 4.20. The van der Waals surface area contributed by atoms with E-state index in [0.717, 1.165) is 15.4 Å². The lowest BCUT2D eigenvalue weighted by Crippen LogP contribution is -2.11. The maximum absolute atomic E-state index is 12.4. The highest BCUT2D eigenvalue weighted by Crippen LogP contribution is 2.25. The Morgan fingerprint density at radius 2 is 1.86 bits per heavy atom. The van der Waals surface area contributed by atoms with E-state index < -0.39 is 0 Å². The standard InChI is InChI=1S/C17H14BrNO2/c1-19-10-13(12-6-2-4-8-15(12)19)16(20)11-21-17-9-5-3-7-14(17)18/h2-10H,11H2,1H3. The Morgan fingerprint density at radius 1 is 1.14 bits per heavy atom. The van der Waals surface area contributed by atoms with Crippen molar-refractivity contribution in [2.45, 2.75) is 0 Å². The van der Waals surface area contributed by atoms with Crippen LogP contribution >= 0.6 is 15.9 Å². The molecule has 1 heterocycles. The molecular formula is C17H14BrNO2. The van der Waals surface area contributed by atoms with Crippen LogP contribution in [0.1, 0.15) is 10.4 Å². The maximum atomic E-state index is 12.4. The topological polar surface area (TPSA) is 31.2 Å². The molecule has 0 amide bonds. The van der Waals surface area contributed by atoms with Gasteiger partial charge in [-0.15, -0.1) is 0 Å². The number of benzene rings is 2. The summed E-state index contributed by atoms with van der Waals surface area (Å²) in [5, 5.41) is 0.959. The number of rotatable bonds is 4. The minimum atomic E-state index is -0.0254. The number of hydrogen-bond acceptors (Lipinski definition) is 2. The van der Waals surface area contributed by atoms with Crippen LogP contribution in [0.4, 0.5) is 0 Å². The fourth-order valence-corrected chi connectivity index (χ4v) is 2.75. The molecule has 1 aromatic heterocycles. The number of Topliss-reactive ketones (excluding diaryl/α,β-unsaturated/α-hetero) is 1. The number of para-hydroxylation sites is 2. The van der Waals surface area contributed by atoms with Crippen molar-refractivity contribution in [3.05, 3.63) is 64.8 Å². The third kappa shape index (κ3) is 2.72. The fourth-order valence-electron chi connectivity index (χ4n) is 2.35. The minimum absolute atomic E-state index is 0.0244. The molecule has 4 heteroatoms. The zero-order chi connectivity index (χ0) is 14.8. The molecule has 0 saturated heterocycles. The number of ether oxygens (including phenoxy) is 1. The number of halogens is 1. The van der Waals surface area contributed by atoms with Gasteiger partial charge in [-0.25, -0.2) is 0 Å². The van der Waals surface area contributed by atoms with E-state index in [0.29, 0.717) is 11.3 Å². The van der Waals surface area contributed by atoms with Crippen molar-refractivity contribution in [2.24, 2.45) is 7.05 Å². The van der Waals surface area contributed by atoms with E-state index in [4.69, 9.17) is 4.74 Å². The van der Waals surface area contributed by atoms with Crippen LogP contribution in [0, 0.1) is 0 Å². The van der Waals surface area contributed by atoms with Gasteiger partial charge in [-0.3, -0.25) is 4.79 Å². The summed E-state index contributed by atoms with van der Waals surface area (Å²) in [5.41, 5.74) is 1.74. The molecule has 0 aliphatic rings. The number of carbonyl (C=O) groups excluding carboxylic acids is 1. The van der Waals surface area contributed by atoms with Crippen LogP contribution in [0.2, 0.25) is 0 Å². The molecule has 0 spiro atoms. The second kappa shape index (κ2) is 5.74. The molecule has 0 radical (unpaired) electrons. The molecule has 0 atom stereocenters. The first-order valence-electron chi connectivity index (χ1n) is 6.61. The van der Waals surface area contributed by atoms with Crippen molar-refractivity contribution in [3.63, 3.8) is 0 Å². The van der Waals surface area contributed by atoms with Crippen LogP contribution in [0.25, 0.3) is 10.9 Å². The Bertz CT molecular complexity index is 807. The van der Waals surface area contributed by atoms with Crippen LogP contribution in [-0.2, 0) is 7.05 Å². The molecular weight excluding hydrogens is 330 g/mol. The van der Waals surface area contributed by atoms with Gasteiger partial charge in [0.2, 0.25) is 5.78 Å². The molecule has 0 aliphatic heterocycles. The molecule has 3 aromatic rings. The number of aryl methyl sites for hydroxylation is 1. The second-order valence-electron chi connectivity index (χ2n) is 4.81. The first-order valence-corrected chi connectivity index (χ1v) is 7.40. The van der Waals surface area contributed by atoms with Crippen LogP contribution < -0.4 is 4.74 Å². The van der Waals surface area contributed by atoms with E-state index in [1.807, 2.05) is 66.3 Å². The molecule has 3 rings (SSSR count). The largest absolute Gasteiger partial charge is 0.484 e. The van der Waals surface area contributed by atoms with Crippen LogP contribution in [-0.4, -0.2) is 17.0 Å². The number of aromatic nitrogens is 1. The zero-order valence-electron chi connectivity index (χ0n) is 11.5. The summed E-state index contributed by atoms with van der Waals surface area (Å²) < 4.78 is 8.41. The SMILES string of the molecule is Cn1cc(C(=O)COc2ccccc2Br)c2ccccc21. The van der Waals surface area contributed by atoms with Gasteiger partial charge < -0.3 is 9.30 Å². The molecule has 106 valence electrons. The smallest absolute Gasteiger partial charge is 0.202 e. The molecule has 0 unspecified atom stereocenters. The van der Waals surface area contributed by atoms with E-state index in [1.54, 1.807) is 0 Å². The first-order chi connectivity index (χ1) is 10.2. The van der Waals surface area contributed by atoms with E-state index >= 15 is 0 Å². The molecule has 0 N–H and O–H groups in total. The van der Waals surface area contributed by atoms with Gasteiger partial charge in [0.25, 0.3) is 0 Å². The second-order valence-corrected chi connectivity index (χ2v) is 5.67. The molecule has 0 saturated carbocycles. The molecule has 0 bridgehead atoms. The van der Waals surface area contributed by atoms with Crippen molar-refractivity contribution in [2.75, 3.05) is 6.61 Å². The molecule has 2 aromatic carbocycles. The lowest BCUT2D eigenvalue weighted by molar-refractivity contribution is 0.0922. The van der Waals surface area contributed by atoms with Crippen molar-refractivity contribution >= 4 is 32.6 Å². The number of hydrogen-bond donors (Lipinski definition) is 0. The lowest BCUT2D eigenvalue weighted by Gasteiger charge is -2.06. The first kappa shape index (κ1) is 13.9. The van der Waals surface area contributed by atoms with E-state index in [9.17, 15) is 4.79 Å². The van der Waals surface area contributed by atoms with Crippen LogP contribution in [0.15, 0.2) is 59.2 Å². The van der Waals surface area contributed by atoms with Gasteiger partial charge >= 0.3 is 0 Å². The molecule has 0 fully saturated rings. The number of fused-ring (bicyclic) bond motifs is 1. The number of carbonyl (C=O) groups is 1. The lowest BCUT2D eigenvalue weighted by atomic mass is 10.1. The maximum Gasteiger partial charge on any atom is 0.202 e.